The number of amides is 1. The van der Waals surface area contributed by atoms with Crippen LogP contribution >= 0.6 is 0 Å². The first-order valence-electron chi connectivity index (χ1n) is 7.08. The van der Waals surface area contributed by atoms with Gasteiger partial charge in [0.2, 0.25) is 5.75 Å². The number of piperazine rings is 1. The molecule has 1 aliphatic rings. The molecule has 0 saturated carbocycles. The molecule has 0 spiro atoms. The van der Waals surface area contributed by atoms with E-state index in [0.717, 1.165) is 0 Å². The summed E-state index contributed by atoms with van der Waals surface area (Å²) in [5.41, 5.74) is 0.285. The van der Waals surface area contributed by atoms with Gasteiger partial charge in [-0.15, -0.1) is 0 Å². The number of hydrogen-bond donors (Lipinski definition) is 2. The molecule has 1 aromatic rings. The first kappa shape index (κ1) is 16.9. The van der Waals surface area contributed by atoms with Crippen molar-refractivity contribution < 1.29 is 28.9 Å². The summed E-state index contributed by atoms with van der Waals surface area (Å²) in [5, 5.41) is 12.3. The lowest BCUT2D eigenvalue weighted by atomic mass is 10.1. The van der Waals surface area contributed by atoms with Gasteiger partial charge < -0.3 is 29.5 Å². The smallest absolute Gasteiger partial charge is 0.327 e. The molecule has 0 bridgehead atoms. The van der Waals surface area contributed by atoms with Crippen LogP contribution in [0.15, 0.2) is 12.1 Å². The fraction of sp³-hybridized carbons (Fsp3) is 0.467. The lowest BCUT2D eigenvalue weighted by Gasteiger charge is -2.33. The van der Waals surface area contributed by atoms with Gasteiger partial charge in [0, 0.05) is 25.2 Å². The van der Waals surface area contributed by atoms with Gasteiger partial charge >= 0.3 is 5.97 Å². The zero-order valence-corrected chi connectivity index (χ0v) is 13.3. The largest absolute Gasteiger partial charge is 0.493 e. The molecule has 23 heavy (non-hydrogen) atoms. The van der Waals surface area contributed by atoms with E-state index in [1.54, 1.807) is 0 Å². The van der Waals surface area contributed by atoms with Crippen molar-refractivity contribution in [1.29, 1.82) is 0 Å². The number of carboxylic acid groups (broad SMARTS) is 1. The molecule has 2 N–H and O–H groups in total. The average molecular weight is 324 g/mol. The molecule has 8 nitrogen and oxygen atoms in total. The molecule has 1 fully saturated rings. The molecule has 1 amide bonds. The monoisotopic (exact) mass is 324 g/mol. The summed E-state index contributed by atoms with van der Waals surface area (Å²) in [6, 6.07) is 2.13. The first-order chi connectivity index (χ1) is 11.0. The minimum atomic E-state index is -1.04. The maximum absolute atomic E-state index is 12.7. The highest BCUT2D eigenvalue weighted by Crippen LogP contribution is 2.38. The van der Waals surface area contributed by atoms with Crippen LogP contribution in [0.3, 0.4) is 0 Å². The summed E-state index contributed by atoms with van der Waals surface area (Å²) in [5.74, 6) is -0.368. The van der Waals surface area contributed by atoms with Crippen LogP contribution in [-0.2, 0) is 4.79 Å². The highest BCUT2D eigenvalue weighted by atomic mass is 16.5. The second-order valence-electron chi connectivity index (χ2n) is 4.97. The zero-order chi connectivity index (χ0) is 17.0. The molecule has 8 heteroatoms. The lowest BCUT2D eigenvalue weighted by molar-refractivity contribution is -0.142. The van der Waals surface area contributed by atoms with E-state index in [0.29, 0.717) is 30.3 Å². The van der Waals surface area contributed by atoms with Crippen molar-refractivity contribution >= 4 is 11.9 Å². The van der Waals surface area contributed by atoms with Crippen LogP contribution in [0.4, 0.5) is 0 Å². The number of rotatable bonds is 5. The van der Waals surface area contributed by atoms with Crippen LogP contribution in [0.2, 0.25) is 0 Å². The van der Waals surface area contributed by atoms with Gasteiger partial charge in [0.05, 0.1) is 21.3 Å². The Morgan fingerprint density at radius 3 is 2.26 bits per heavy atom. The van der Waals surface area contributed by atoms with E-state index in [-0.39, 0.29) is 12.1 Å². The molecule has 1 aliphatic heterocycles. The van der Waals surface area contributed by atoms with Gasteiger partial charge in [0.25, 0.3) is 5.91 Å². The molecule has 2 rings (SSSR count). The maximum atomic E-state index is 12.7. The van der Waals surface area contributed by atoms with Gasteiger partial charge in [-0.05, 0) is 12.1 Å². The summed E-state index contributed by atoms with van der Waals surface area (Å²) in [7, 11) is 4.38. The quantitative estimate of drug-likeness (QED) is 0.799. The number of nitrogens with one attached hydrogen (secondary N) is 1. The van der Waals surface area contributed by atoms with E-state index < -0.39 is 17.9 Å². The Morgan fingerprint density at radius 1 is 1.17 bits per heavy atom. The predicted molar refractivity (Wildman–Crippen MR) is 81.4 cm³/mol. The van der Waals surface area contributed by atoms with Gasteiger partial charge in [0.1, 0.15) is 6.04 Å². The Labute approximate surface area is 133 Å². The van der Waals surface area contributed by atoms with Crippen molar-refractivity contribution in [2.45, 2.75) is 6.04 Å². The van der Waals surface area contributed by atoms with E-state index >= 15 is 0 Å². The molecule has 1 unspecified atom stereocenters. The molecule has 1 heterocycles. The second-order valence-corrected chi connectivity index (χ2v) is 4.97. The van der Waals surface area contributed by atoms with Crippen LogP contribution in [0.5, 0.6) is 17.2 Å². The molecular formula is C15H20N2O6. The van der Waals surface area contributed by atoms with Gasteiger partial charge in [0.15, 0.2) is 11.5 Å². The Hall–Kier alpha value is -2.48. The Balaban J connectivity index is 2.40. The third kappa shape index (κ3) is 3.31. The molecule has 0 radical (unpaired) electrons. The Kier molecular flexibility index (Phi) is 5.28. The number of nitrogens with zero attached hydrogens (tertiary/aromatic N) is 1. The first-order valence-corrected chi connectivity index (χ1v) is 7.08. The fourth-order valence-electron chi connectivity index (χ4n) is 2.54. The molecule has 0 aromatic heterocycles. The fourth-order valence-corrected chi connectivity index (χ4v) is 2.54. The molecule has 126 valence electrons. The van der Waals surface area contributed by atoms with Gasteiger partial charge in [-0.1, -0.05) is 0 Å². The van der Waals surface area contributed by atoms with Gasteiger partial charge in [-0.25, -0.2) is 4.79 Å². The topological polar surface area (TPSA) is 97.3 Å². The van der Waals surface area contributed by atoms with Crippen molar-refractivity contribution in [1.82, 2.24) is 10.2 Å². The second kappa shape index (κ2) is 7.19. The van der Waals surface area contributed by atoms with Crippen molar-refractivity contribution in [3.05, 3.63) is 17.7 Å². The van der Waals surface area contributed by atoms with Crippen LogP contribution in [0, 0.1) is 0 Å². The number of hydrogen-bond acceptors (Lipinski definition) is 6. The van der Waals surface area contributed by atoms with Gasteiger partial charge in [-0.2, -0.15) is 0 Å². The zero-order valence-electron chi connectivity index (χ0n) is 13.3. The lowest BCUT2D eigenvalue weighted by Crippen LogP contribution is -2.56. The standard InChI is InChI=1S/C15H20N2O6/c1-21-11-6-9(7-12(22-2)13(11)23-3)14(18)17-5-4-16-8-10(17)15(19)20/h6-7,10,16H,4-5,8H2,1-3H3,(H,19,20). The number of carboxylic acids is 1. The van der Waals surface area contributed by atoms with Crippen molar-refractivity contribution in [3.63, 3.8) is 0 Å². The van der Waals surface area contributed by atoms with Crippen LogP contribution < -0.4 is 19.5 Å². The molecule has 0 aliphatic carbocycles. The summed E-state index contributed by atoms with van der Waals surface area (Å²) >= 11 is 0. The summed E-state index contributed by atoms with van der Waals surface area (Å²) in [4.78, 5) is 25.4. The van der Waals surface area contributed by atoms with Crippen LogP contribution in [0.25, 0.3) is 0 Å². The van der Waals surface area contributed by atoms with E-state index in [1.165, 1.54) is 38.4 Å². The minimum Gasteiger partial charge on any atom is -0.493 e. The number of aliphatic carboxylic acids is 1. The molecular weight excluding hydrogens is 304 g/mol. The maximum Gasteiger partial charge on any atom is 0.327 e. The van der Waals surface area contributed by atoms with E-state index in [1.807, 2.05) is 0 Å². The SMILES string of the molecule is COc1cc(C(=O)N2CCNCC2C(=O)O)cc(OC)c1OC. The van der Waals surface area contributed by atoms with Crippen molar-refractivity contribution in [2.24, 2.45) is 0 Å². The Bertz CT molecular complexity index is 579. The Morgan fingerprint density at radius 2 is 1.78 bits per heavy atom. The molecule has 1 aromatic carbocycles. The number of ether oxygens (including phenoxy) is 3. The van der Waals surface area contributed by atoms with Crippen LogP contribution in [-0.4, -0.2) is 68.9 Å². The number of carbonyl (C=O) groups excluding carboxylic acids is 1. The summed E-state index contributed by atoms with van der Waals surface area (Å²) < 4.78 is 15.7. The third-order valence-corrected chi connectivity index (χ3v) is 3.70. The molecule has 1 atom stereocenters. The van der Waals surface area contributed by atoms with Crippen LogP contribution in [0.1, 0.15) is 10.4 Å². The average Bonchev–Trinajstić information content (AvgIpc) is 2.59. The number of carbonyl (C=O) groups is 2. The normalized spacial score (nSPS) is 17.5. The van der Waals surface area contributed by atoms with Crippen molar-refractivity contribution in [2.75, 3.05) is 41.0 Å². The summed E-state index contributed by atoms with van der Waals surface area (Å²) in [6.45, 7) is 1.07. The summed E-state index contributed by atoms with van der Waals surface area (Å²) in [6.07, 6.45) is 0. The predicted octanol–water partition coefficient (Wildman–Crippen LogP) is 0.211. The van der Waals surface area contributed by atoms with E-state index in [2.05, 4.69) is 5.32 Å². The minimum absolute atomic E-state index is 0.214. The van der Waals surface area contributed by atoms with Gasteiger partial charge in [-0.3, -0.25) is 4.79 Å². The molecule has 1 saturated heterocycles. The van der Waals surface area contributed by atoms with E-state index in [9.17, 15) is 14.7 Å². The third-order valence-electron chi connectivity index (χ3n) is 3.70. The number of methoxy groups -OCH3 is 3. The highest BCUT2D eigenvalue weighted by molar-refractivity contribution is 5.98. The van der Waals surface area contributed by atoms with E-state index in [4.69, 9.17) is 14.2 Å². The van der Waals surface area contributed by atoms with Crippen molar-refractivity contribution in [3.8, 4) is 17.2 Å². The highest BCUT2D eigenvalue weighted by Gasteiger charge is 2.33. The number of benzene rings is 1.